The number of rotatable bonds is 10. The topological polar surface area (TPSA) is 94.2 Å². The van der Waals surface area contributed by atoms with Crippen LogP contribution in [0.5, 0.6) is 11.5 Å². The molecule has 0 aliphatic carbocycles. The number of ether oxygens (including phenoxy) is 3. The molecule has 2 amide bonds. The number of anilines is 1. The Morgan fingerprint density at radius 2 is 1.67 bits per heavy atom. The van der Waals surface area contributed by atoms with Gasteiger partial charge in [0, 0.05) is 17.9 Å². The van der Waals surface area contributed by atoms with Gasteiger partial charge in [-0.25, -0.2) is 4.79 Å². The van der Waals surface area contributed by atoms with Gasteiger partial charge in [0.1, 0.15) is 11.5 Å². The minimum absolute atomic E-state index is 0.163. The van der Waals surface area contributed by atoms with Crippen molar-refractivity contribution in [2.45, 2.75) is 27.7 Å². The van der Waals surface area contributed by atoms with E-state index in [1.54, 1.807) is 80.5 Å². The van der Waals surface area contributed by atoms with Gasteiger partial charge in [-0.15, -0.1) is 0 Å². The minimum Gasteiger partial charge on any atom is -0.497 e. The van der Waals surface area contributed by atoms with Crippen molar-refractivity contribution in [2.24, 2.45) is 5.92 Å². The van der Waals surface area contributed by atoms with Crippen molar-refractivity contribution >= 4 is 29.5 Å². The maximum atomic E-state index is 13.1. The smallest absolute Gasteiger partial charge is 0.340 e. The van der Waals surface area contributed by atoms with Crippen LogP contribution >= 0.6 is 0 Å². The third-order valence-electron chi connectivity index (χ3n) is 5.47. The maximum absolute atomic E-state index is 13.1. The van der Waals surface area contributed by atoms with Crippen LogP contribution in [0.1, 0.15) is 33.3 Å². The van der Waals surface area contributed by atoms with E-state index in [-0.39, 0.29) is 36.5 Å². The first-order valence-corrected chi connectivity index (χ1v) is 11.8. The Morgan fingerprint density at radius 3 is 2.25 bits per heavy atom. The summed E-state index contributed by atoms with van der Waals surface area (Å²) in [5.41, 5.74) is 2.55. The van der Waals surface area contributed by atoms with Crippen LogP contribution in [0.3, 0.4) is 0 Å². The molecule has 8 nitrogen and oxygen atoms in total. The molecule has 0 atom stereocenters. The zero-order valence-corrected chi connectivity index (χ0v) is 21.3. The number of esters is 1. The molecular formula is C28H32N2O6. The summed E-state index contributed by atoms with van der Waals surface area (Å²) in [6, 6.07) is 13.9. The molecule has 36 heavy (non-hydrogen) atoms. The zero-order chi connectivity index (χ0) is 26.2. The fourth-order valence-corrected chi connectivity index (χ4v) is 3.76. The van der Waals surface area contributed by atoms with Crippen LogP contribution in [0.4, 0.5) is 5.69 Å². The highest BCUT2D eigenvalue weighted by Crippen LogP contribution is 2.32. The predicted molar refractivity (Wildman–Crippen MR) is 137 cm³/mol. The molecule has 8 heteroatoms. The van der Waals surface area contributed by atoms with Gasteiger partial charge in [0.05, 0.1) is 24.9 Å². The molecule has 0 aromatic heterocycles. The van der Waals surface area contributed by atoms with Crippen LogP contribution in [0.15, 0.2) is 65.4 Å². The number of carbonyl (C=O) groups excluding carboxylic acids is 3. The number of methoxy groups -OCH3 is 1. The standard InChI is InChI=1S/C28H32N2O6/c1-6-35-28(33)26-19(4)30(16-18(2)3)27(32)24(26)15-20-7-11-23(12-8-20)36-17-25(31)29-21-9-13-22(34-5)14-10-21/h7-15,18H,6,16-17H2,1-5H3,(H,29,31)/b24-15-. The predicted octanol–water partition coefficient (Wildman–Crippen LogP) is 4.43. The van der Waals surface area contributed by atoms with Gasteiger partial charge in [-0.3, -0.25) is 9.59 Å². The van der Waals surface area contributed by atoms with Crippen molar-refractivity contribution in [3.63, 3.8) is 0 Å². The number of hydrogen-bond acceptors (Lipinski definition) is 6. The molecular weight excluding hydrogens is 460 g/mol. The Hall–Kier alpha value is -4.07. The Bertz CT molecular complexity index is 1160. The number of allylic oxidation sites excluding steroid dienone is 1. The van der Waals surface area contributed by atoms with Gasteiger partial charge >= 0.3 is 5.97 Å². The van der Waals surface area contributed by atoms with Gasteiger partial charge in [-0.05, 0) is 67.8 Å². The highest BCUT2D eigenvalue weighted by Gasteiger charge is 2.37. The Labute approximate surface area is 211 Å². The van der Waals surface area contributed by atoms with Crippen molar-refractivity contribution in [1.82, 2.24) is 4.90 Å². The average molecular weight is 493 g/mol. The van der Waals surface area contributed by atoms with Crippen LogP contribution < -0.4 is 14.8 Å². The maximum Gasteiger partial charge on any atom is 0.340 e. The number of carbonyl (C=O) groups is 3. The normalized spacial score (nSPS) is 14.4. The lowest BCUT2D eigenvalue weighted by Crippen LogP contribution is -2.28. The lowest BCUT2D eigenvalue weighted by atomic mass is 10.0. The molecule has 1 N–H and O–H groups in total. The van der Waals surface area contributed by atoms with Gasteiger partial charge in [-0.1, -0.05) is 26.0 Å². The van der Waals surface area contributed by atoms with Crippen LogP contribution in [0.2, 0.25) is 0 Å². The second kappa shape index (κ2) is 12.1. The fourth-order valence-electron chi connectivity index (χ4n) is 3.76. The molecule has 0 saturated carbocycles. The summed E-state index contributed by atoms with van der Waals surface area (Å²) in [4.78, 5) is 39.6. The summed E-state index contributed by atoms with van der Waals surface area (Å²) < 4.78 is 15.9. The Morgan fingerprint density at radius 1 is 1.03 bits per heavy atom. The summed E-state index contributed by atoms with van der Waals surface area (Å²) in [5, 5.41) is 2.76. The molecule has 0 spiro atoms. The lowest BCUT2D eigenvalue weighted by Gasteiger charge is -2.19. The summed E-state index contributed by atoms with van der Waals surface area (Å²) in [7, 11) is 1.58. The largest absolute Gasteiger partial charge is 0.497 e. The van der Waals surface area contributed by atoms with E-state index in [4.69, 9.17) is 14.2 Å². The summed E-state index contributed by atoms with van der Waals surface area (Å²) >= 11 is 0. The number of hydrogen-bond donors (Lipinski definition) is 1. The van der Waals surface area contributed by atoms with E-state index in [9.17, 15) is 14.4 Å². The SMILES string of the molecule is CCOC(=O)C1=C(C)N(CC(C)C)C(=O)/C1=C\c1ccc(OCC(=O)Nc2ccc(OC)cc2)cc1. The third kappa shape index (κ3) is 6.53. The monoisotopic (exact) mass is 492 g/mol. The molecule has 1 heterocycles. The number of amides is 2. The first kappa shape index (κ1) is 26.5. The van der Waals surface area contributed by atoms with Crippen LogP contribution in [0.25, 0.3) is 6.08 Å². The highest BCUT2D eigenvalue weighted by atomic mass is 16.5. The molecule has 2 aromatic rings. The minimum atomic E-state index is -0.510. The van der Waals surface area contributed by atoms with E-state index in [0.717, 1.165) is 5.56 Å². The summed E-state index contributed by atoms with van der Waals surface area (Å²) in [6.07, 6.45) is 1.68. The average Bonchev–Trinajstić information content (AvgIpc) is 3.08. The van der Waals surface area contributed by atoms with E-state index in [2.05, 4.69) is 5.32 Å². The fraction of sp³-hybridized carbons (Fsp3) is 0.321. The third-order valence-corrected chi connectivity index (χ3v) is 5.47. The van der Waals surface area contributed by atoms with E-state index < -0.39 is 5.97 Å². The second-order valence-corrected chi connectivity index (χ2v) is 8.68. The zero-order valence-electron chi connectivity index (χ0n) is 21.3. The molecule has 0 fully saturated rings. The Balaban J connectivity index is 1.69. The molecule has 1 aliphatic rings. The molecule has 0 bridgehead atoms. The van der Waals surface area contributed by atoms with Gasteiger partial charge in [0.2, 0.25) is 0 Å². The van der Waals surface area contributed by atoms with Crippen LogP contribution in [-0.4, -0.2) is 49.6 Å². The first-order chi connectivity index (χ1) is 17.2. The summed E-state index contributed by atoms with van der Waals surface area (Å²) in [5.74, 6) is 0.409. The molecule has 0 radical (unpaired) electrons. The Kier molecular flexibility index (Phi) is 8.89. The van der Waals surface area contributed by atoms with E-state index in [1.165, 1.54) is 0 Å². The number of benzene rings is 2. The van der Waals surface area contributed by atoms with Crippen molar-refractivity contribution in [2.75, 3.05) is 32.2 Å². The number of nitrogens with zero attached hydrogens (tertiary/aromatic N) is 1. The molecule has 0 saturated heterocycles. The highest BCUT2D eigenvalue weighted by molar-refractivity contribution is 6.16. The van der Waals surface area contributed by atoms with Crippen molar-refractivity contribution in [3.05, 3.63) is 70.9 Å². The first-order valence-electron chi connectivity index (χ1n) is 11.8. The molecule has 2 aromatic carbocycles. The number of nitrogens with one attached hydrogen (secondary N) is 1. The van der Waals surface area contributed by atoms with Crippen molar-refractivity contribution in [3.8, 4) is 11.5 Å². The molecule has 3 rings (SSSR count). The van der Waals surface area contributed by atoms with Gasteiger partial charge < -0.3 is 24.4 Å². The molecule has 190 valence electrons. The van der Waals surface area contributed by atoms with Crippen molar-refractivity contribution < 1.29 is 28.6 Å². The summed E-state index contributed by atoms with van der Waals surface area (Å²) in [6.45, 7) is 8.10. The van der Waals surface area contributed by atoms with Gasteiger partial charge in [0.25, 0.3) is 11.8 Å². The molecule has 1 aliphatic heterocycles. The van der Waals surface area contributed by atoms with Gasteiger partial charge in [0.15, 0.2) is 6.61 Å². The molecule has 0 unspecified atom stereocenters. The second-order valence-electron chi connectivity index (χ2n) is 8.68. The van der Waals surface area contributed by atoms with E-state index >= 15 is 0 Å². The quantitative estimate of drug-likeness (QED) is 0.390. The van der Waals surface area contributed by atoms with Crippen LogP contribution in [-0.2, 0) is 19.1 Å². The van der Waals surface area contributed by atoms with E-state index in [1.807, 2.05) is 13.8 Å². The van der Waals surface area contributed by atoms with Crippen molar-refractivity contribution in [1.29, 1.82) is 0 Å². The van der Waals surface area contributed by atoms with Crippen LogP contribution in [0, 0.1) is 5.92 Å². The van der Waals surface area contributed by atoms with Gasteiger partial charge in [-0.2, -0.15) is 0 Å². The van der Waals surface area contributed by atoms with E-state index in [0.29, 0.717) is 35.0 Å². The lowest BCUT2D eigenvalue weighted by molar-refractivity contribution is -0.138.